The summed E-state index contributed by atoms with van der Waals surface area (Å²) in [5.74, 6) is 0.277. The number of amides is 1. The van der Waals surface area contributed by atoms with Crippen LogP contribution in [0, 0.1) is 0 Å². The van der Waals surface area contributed by atoms with Gasteiger partial charge in [0.05, 0.1) is 26.3 Å². The predicted molar refractivity (Wildman–Crippen MR) is 110 cm³/mol. The number of hydrogen-bond acceptors (Lipinski definition) is 7. The van der Waals surface area contributed by atoms with Crippen molar-refractivity contribution in [2.45, 2.75) is 6.42 Å². The van der Waals surface area contributed by atoms with E-state index >= 15 is 0 Å². The van der Waals surface area contributed by atoms with Crippen molar-refractivity contribution in [3.05, 3.63) is 59.5 Å². The molecule has 7 nitrogen and oxygen atoms in total. The molecule has 3 rings (SSSR count). The van der Waals surface area contributed by atoms with Crippen molar-refractivity contribution in [1.29, 1.82) is 0 Å². The second-order valence-electron chi connectivity index (χ2n) is 5.90. The first kappa shape index (κ1) is 20.3. The van der Waals surface area contributed by atoms with Crippen LogP contribution < -0.4 is 14.8 Å². The van der Waals surface area contributed by atoms with Crippen LogP contribution in [0.1, 0.15) is 4.88 Å². The summed E-state index contributed by atoms with van der Waals surface area (Å²) in [6, 6.07) is 16.5. The van der Waals surface area contributed by atoms with E-state index in [1.54, 1.807) is 18.2 Å². The van der Waals surface area contributed by atoms with Crippen LogP contribution in [0.2, 0.25) is 0 Å². The average molecular weight is 412 g/mol. The standard InChI is InChI=1S/C21H20N2O5S/c1-26-15-10-6-7-11-16(15)28-13-18(24)22-21-23-20(14-8-4-3-5-9-14)17(29-21)12-19(25)27-2/h3-11H,12-13H2,1-2H3,(H,22,23,24). The molecule has 1 aromatic heterocycles. The largest absolute Gasteiger partial charge is 0.493 e. The van der Waals surface area contributed by atoms with Gasteiger partial charge in [-0.3, -0.25) is 14.9 Å². The van der Waals surface area contributed by atoms with Gasteiger partial charge in [0, 0.05) is 10.4 Å². The lowest BCUT2D eigenvalue weighted by Gasteiger charge is -2.09. The summed E-state index contributed by atoms with van der Waals surface area (Å²) < 4.78 is 15.5. The van der Waals surface area contributed by atoms with Gasteiger partial charge in [0.2, 0.25) is 0 Å². The minimum atomic E-state index is -0.372. The number of hydrogen-bond donors (Lipinski definition) is 1. The van der Waals surface area contributed by atoms with Crippen LogP contribution in [0.4, 0.5) is 5.13 Å². The summed E-state index contributed by atoms with van der Waals surface area (Å²) in [6.45, 7) is -0.201. The van der Waals surface area contributed by atoms with Gasteiger partial charge in [-0.2, -0.15) is 0 Å². The third-order valence-corrected chi connectivity index (χ3v) is 4.92. The Bertz CT molecular complexity index is 988. The second-order valence-corrected chi connectivity index (χ2v) is 6.98. The molecule has 29 heavy (non-hydrogen) atoms. The van der Waals surface area contributed by atoms with Crippen LogP contribution in [0.3, 0.4) is 0 Å². The van der Waals surface area contributed by atoms with Crippen molar-refractivity contribution < 1.29 is 23.8 Å². The van der Waals surface area contributed by atoms with Gasteiger partial charge < -0.3 is 14.2 Å². The highest BCUT2D eigenvalue weighted by Crippen LogP contribution is 2.32. The van der Waals surface area contributed by atoms with Gasteiger partial charge in [0.1, 0.15) is 0 Å². The van der Waals surface area contributed by atoms with Gasteiger partial charge in [-0.05, 0) is 12.1 Å². The molecular weight excluding hydrogens is 392 g/mol. The second kappa shape index (κ2) is 9.70. The molecule has 2 aromatic carbocycles. The number of esters is 1. The molecule has 0 saturated heterocycles. The molecule has 0 aliphatic heterocycles. The number of thiazole rings is 1. The van der Waals surface area contributed by atoms with Crippen LogP contribution in [-0.2, 0) is 20.7 Å². The quantitative estimate of drug-likeness (QED) is 0.570. The maximum Gasteiger partial charge on any atom is 0.310 e. The Hall–Kier alpha value is -3.39. The molecule has 1 N–H and O–H groups in total. The Morgan fingerprint density at radius 3 is 2.38 bits per heavy atom. The molecule has 1 heterocycles. The Balaban J connectivity index is 1.73. The highest BCUT2D eigenvalue weighted by Gasteiger charge is 2.18. The molecule has 0 unspecified atom stereocenters. The van der Waals surface area contributed by atoms with Crippen molar-refractivity contribution in [2.24, 2.45) is 0 Å². The fourth-order valence-electron chi connectivity index (χ4n) is 2.59. The monoisotopic (exact) mass is 412 g/mol. The van der Waals surface area contributed by atoms with Crippen molar-refractivity contribution in [2.75, 3.05) is 26.1 Å². The highest BCUT2D eigenvalue weighted by atomic mass is 32.1. The third-order valence-electron chi connectivity index (χ3n) is 3.95. The van der Waals surface area contributed by atoms with E-state index in [9.17, 15) is 9.59 Å². The van der Waals surface area contributed by atoms with E-state index in [-0.39, 0.29) is 24.9 Å². The fraction of sp³-hybridized carbons (Fsp3) is 0.190. The Morgan fingerprint density at radius 1 is 1.00 bits per heavy atom. The van der Waals surface area contributed by atoms with Gasteiger partial charge >= 0.3 is 5.97 Å². The van der Waals surface area contributed by atoms with Gasteiger partial charge in [-0.15, -0.1) is 11.3 Å². The van der Waals surface area contributed by atoms with Crippen molar-refractivity contribution >= 4 is 28.3 Å². The summed E-state index contributed by atoms with van der Waals surface area (Å²) in [5.41, 5.74) is 1.50. The van der Waals surface area contributed by atoms with Gasteiger partial charge in [0.25, 0.3) is 5.91 Å². The molecule has 0 saturated carbocycles. The Labute approximate surface area is 172 Å². The first-order valence-corrected chi connectivity index (χ1v) is 9.60. The van der Waals surface area contributed by atoms with E-state index in [0.717, 1.165) is 5.56 Å². The predicted octanol–water partition coefficient (Wildman–Crippen LogP) is 3.55. The molecule has 0 bridgehead atoms. The van der Waals surface area contributed by atoms with E-state index < -0.39 is 0 Å². The zero-order valence-corrected chi connectivity index (χ0v) is 16.8. The fourth-order valence-corrected chi connectivity index (χ4v) is 3.57. The molecule has 0 atom stereocenters. The Morgan fingerprint density at radius 2 is 1.69 bits per heavy atom. The number of benzene rings is 2. The number of anilines is 1. The minimum Gasteiger partial charge on any atom is -0.493 e. The first-order valence-electron chi connectivity index (χ1n) is 8.78. The number of carbonyl (C=O) groups excluding carboxylic acids is 2. The average Bonchev–Trinajstić information content (AvgIpc) is 3.14. The Kier molecular flexibility index (Phi) is 6.80. The van der Waals surface area contributed by atoms with Crippen molar-refractivity contribution in [1.82, 2.24) is 4.98 Å². The van der Waals surface area contributed by atoms with Crippen LogP contribution in [0.25, 0.3) is 11.3 Å². The molecule has 1 amide bonds. The molecular formula is C21H20N2O5S. The normalized spacial score (nSPS) is 10.3. The van der Waals surface area contributed by atoms with Gasteiger partial charge in [-0.25, -0.2) is 4.98 Å². The number of aromatic nitrogens is 1. The molecule has 0 fully saturated rings. The van der Waals surface area contributed by atoms with E-state index in [0.29, 0.717) is 27.2 Å². The van der Waals surface area contributed by atoms with Gasteiger partial charge in [0.15, 0.2) is 23.2 Å². The lowest BCUT2D eigenvalue weighted by Crippen LogP contribution is -2.20. The SMILES string of the molecule is COC(=O)Cc1sc(NC(=O)COc2ccccc2OC)nc1-c1ccccc1. The van der Waals surface area contributed by atoms with E-state index in [2.05, 4.69) is 10.3 Å². The molecule has 0 spiro atoms. The summed E-state index contributed by atoms with van der Waals surface area (Å²) in [6.07, 6.45) is 0.0754. The lowest BCUT2D eigenvalue weighted by molar-refractivity contribution is -0.139. The summed E-state index contributed by atoms with van der Waals surface area (Å²) >= 11 is 1.23. The zero-order chi connectivity index (χ0) is 20.6. The maximum absolute atomic E-state index is 12.3. The number of ether oxygens (including phenoxy) is 3. The first-order chi connectivity index (χ1) is 14.1. The molecule has 8 heteroatoms. The number of carbonyl (C=O) groups is 2. The van der Waals surface area contributed by atoms with Crippen LogP contribution in [0.5, 0.6) is 11.5 Å². The smallest absolute Gasteiger partial charge is 0.310 e. The summed E-state index contributed by atoms with van der Waals surface area (Å²) in [7, 11) is 2.87. The molecule has 150 valence electrons. The van der Waals surface area contributed by atoms with Crippen LogP contribution in [0.15, 0.2) is 54.6 Å². The number of nitrogens with one attached hydrogen (secondary N) is 1. The minimum absolute atomic E-state index is 0.0754. The van der Waals surface area contributed by atoms with E-state index in [1.165, 1.54) is 25.6 Å². The molecule has 0 aliphatic carbocycles. The maximum atomic E-state index is 12.3. The third kappa shape index (κ3) is 5.32. The van der Waals surface area contributed by atoms with Crippen LogP contribution in [-0.4, -0.2) is 37.7 Å². The number of nitrogens with zero attached hydrogens (tertiary/aromatic N) is 1. The number of methoxy groups -OCH3 is 2. The van der Waals surface area contributed by atoms with Gasteiger partial charge in [-0.1, -0.05) is 42.5 Å². The topological polar surface area (TPSA) is 86.8 Å². The number of rotatable bonds is 8. The lowest BCUT2D eigenvalue weighted by atomic mass is 10.1. The van der Waals surface area contributed by atoms with Crippen molar-refractivity contribution in [3.63, 3.8) is 0 Å². The highest BCUT2D eigenvalue weighted by molar-refractivity contribution is 7.16. The summed E-state index contributed by atoms with van der Waals surface area (Å²) in [4.78, 5) is 29.3. The van der Waals surface area contributed by atoms with Crippen LogP contribution >= 0.6 is 11.3 Å². The molecule has 0 aliphatic rings. The van der Waals surface area contributed by atoms with E-state index in [4.69, 9.17) is 14.2 Å². The summed E-state index contributed by atoms with van der Waals surface area (Å²) in [5, 5.41) is 3.11. The molecule has 0 radical (unpaired) electrons. The van der Waals surface area contributed by atoms with Crippen molar-refractivity contribution in [3.8, 4) is 22.8 Å². The van der Waals surface area contributed by atoms with E-state index in [1.807, 2.05) is 36.4 Å². The zero-order valence-electron chi connectivity index (χ0n) is 16.0. The molecule has 3 aromatic rings. The number of para-hydroxylation sites is 2.